The number of benzene rings is 1. The molecule has 0 radical (unpaired) electrons. The van der Waals surface area contributed by atoms with Crippen molar-refractivity contribution in [2.75, 3.05) is 0 Å². The second-order valence-electron chi connectivity index (χ2n) is 3.20. The van der Waals surface area contributed by atoms with E-state index in [1.54, 1.807) is 0 Å². The fourth-order valence-corrected chi connectivity index (χ4v) is 1.20. The Morgan fingerprint density at radius 1 is 1.17 bits per heavy atom. The first kappa shape index (κ1) is 9.56. The van der Waals surface area contributed by atoms with Crippen molar-refractivity contribution in [3.05, 3.63) is 34.9 Å². The Labute approximate surface area is 78.5 Å². The van der Waals surface area contributed by atoms with Crippen LogP contribution in [0.3, 0.4) is 0 Å². The van der Waals surface area contributed by atoms with Crippen LogP contribution in [0, 0.1) is 0 Å². The first-order chi connectivity index (χ1) is 5.61. The van der Waals surface area contributed by atoms with E-state index in [-0.39, 0.29) is 6.04 Å². The van der Waals surface area contributed by atoms with Gasteiger partial charge in [0.15, 0.2) is 0 Å². The molecule has 2 heteroatoms. The zero-order valence-electron chi connectivity index (χ0n) is 7.42. The van der Waals surface area contributed by atoms with Crippen molar-refractivity contribution in [3.8, 4) is 0 Å². The van der Waals surface area contributed by atoms with Gasteiger partial charge < -0.3 is 5.73 Å². The van der Waals surface area contributed by atoms with Crippen LogP contribution in [0.1, 0.15) is 25.3 Å². The fourth-order valence-electron chi connectivity index (χ4n) is 1.07. The standard InChI is InChI=1S/C10H14ClN/c1-7(8(2)12)9-3-5-10(11)6-4-9/h3-8H,12H2,1-2H3. The molecule has 0 aliphatic heterocycles. The molecule has 0 bridgehead atoms. The third-order valence-corrected chi connectivity index (χ3v) is 2.44. The molecule has 66 valence electrons. The molecule has 1 aromatic carbocycles. The topological polar surface area (TPSA) is 26.0 Å². The summed E-state index contributed by atoms with van der Waals surface area (Å²) in [5, 5.41) is 0.774. The highest BCUT2D eigenvalue weighted by atomic mass is 35.5. The minimum Gasteiger partial charge on any atom is -0.327 e. The maximum atomic E-state index is 5.77. The Bertz CT molecular complexity index is 241. The Kier molecular flexibility index (Phi) is 3.12. The van der Waals surface area contributed by atoms with Gasteiger partial charge in [-0.1, -0.05) is 30.7 Å². The normalized spacial score (nSPS) is 15.7. The highest BCUT2D eigenvalue weighted by Crippen LogP contribution is 2.19. The Morgan fingerprint density at radius 3 is 2.08 bits per heavy atom. The molecular weight excluding hydrogens is 170 g/mol. The minimum atomic E-state index is 0.186. The van der Waals surface area contributed by atoms with Gasteiger partial charge in [-0.3, -0.25) is 0 Å². The Balaban J connectivity index is 2.82. The Morgan fingerprint density at radius 2 is 1.67 bits per heavy atom. The van der Waals surface area contributed by atoms with Gasteiger partial charge in [0.25, 0.3) is 0 Å². The summed E-state index contributed by atoms with van der Waals surface area (Å²) < 4.78 is 0. The third kappa shape index (κ3) is 2.23. The summed E-state index contributed by atoms with van der Waals surface area (Å²) in [5.74, 6) is 0.391. The molecule has 0 heterocycles. The maximum Gasteiger partial charge on any atom is 0.0406 e. The maximum absolute atomic E-state index is 5.77. The lowest BCUT2D eigenvalue weighted by Gasteiger charge is -2.15. The van der Waals surface area contributed by atoms with E-state index >= 15 is 0 Å². The van der Waals surface area contributed by atoms with Crippen molar-refractivity contribution in [2.24, 2.45) is 5.73 Å². The second-order valence-corrected chi connectivity index (χ2v) is 3.64. The monoisotopic (exact) mass is 183 g/mol. The molecule has 0 saturated heterocycles. The molecule has 2 unspecified atom stereocenters. The quantitative estimate of drug-likeness (QED) is 0.750. The largest absolute Gasteiger partial charge is 0.327 e. The molecule has 1 nitrogen and oxygen atoms in total. The fraction of sp³-hybridized carbons (Fsp3) is 0.400. The third-order valence-electron chi connectivity index (χ3n) is 2.18. The van der Waals surface area contributed by atoms with Crippen LogP contribution in [0.2, 0.25) is 5.02 Å². The van der Waals surface area contributed by atoms with E-state index in [1.165, 1.54) is 5.56 Å². The molecule has 12 heavy (non-hydrogen) atoms. The van der Waals surface area contributed by atoms with Crippen molar-refractivity contribution in [1.82, 2.24) is 0 Å². The Hall–Kier alpha value is -0.530. The summed E-state index contributed by atoms with van der Waals surface area (Å²) in [6.45, 7) is 4.13. The van der Waals surface area contributed by atoms with Crippen molar-refractivity contribution >= 4 is 11.6 Å². The van der Waals surface area contributed by atoms with E-state index < -0.39 is 0 Å². The second kappa shape index (κ2) is 3.92. The van der Waals surface area contributed by atoms with Gasteiger partial charge in [0, 0.05) is 11.1 Å². The summed E-state index contributed by atoms with van der Waals surface area (Å²) in [6.07, 6.45) is 0. The lowest BCUT2D eigenvalue weighted by Crippen LogP contribution is -2.22. The van der Waals surface area contributed by atoms with Gasteiger partial charge in [-0.25, -0.2) is 0 Å². The number of nitrogens with two attached hydrogens (primary N) is 1. The van der Waals surface area contributed by atoms with Gasteiger partial charge in [0.2, 0.25) is 0 Å². The number of halogens is 1. The predicted molar refractivity (Wildman–Crippen MR) is 53.5 cm³/mol. The molecule has 0 aliphatic rings. The van der Waals surface area contributed by atoms with Gasteiger partial charge in [-0.05, 0) is 30.5 Å². The average molecular weight is 184 g/mol. The first-order valence-electron chi connectivity index (χ1n) is 4.12. The van der Waals surface area contributed by atoms with Gasteiger partial charge >= 0.3 is 0 Å². The lowest BCUT2D eigenvalue weighted by molar-refractivity contribution is 0.613. The van der Waals surface area contributed by atoms with E-state index in [9.17, 15) is 0 Å². The van der Waals surface area contributed by atoms with E-state index in [0.29, 0.717) is 5.92 Å². The van der Waals surface area contributed by atoms with Crippen LogP contribution in [0.25, 0.3) is 0 Å². The van der Waals surface area contributed by atoms with Crippen LogP contribution < -0.4 is 5.73 Å². The molecule has 2 atom stereocenters. The summed E-state index contributed by atoms with van der Waals surface area (Å²) in [4.78, 5) is 0. The predicted octanol–water partition coefficient (Wildman–Crippen LogP) is 2.79. The van der Waals surface area contributed by atoms with Gasteiger partial charge in [0.05, 0.1) is 0 Å². The number of hydrogen-bond acceptors (Lipinski definition) is 1. The van der Waals surface area contributed by atoms with E-state index in [2.05, 4.69) is 6.92 Å². The van der Waals surface area contributed by atoms with Crippen LogP contribution in [-0.4, -0.2) is 6.04 Å². The van der Waals surface area contributed by atoms with Crippen molar-refractivity contribution in [2.45, 2.75) is 25.8 Å². The highest BCUT2D eigenvalue weighted by Gasteiger charge is 2.08. The first-order valence-corrected chi connectivity index (χ1v) is 4.50. The van der Waals surface area contributed by atoms with Crippen LogP contribution in [-0.2, 0) is 0 Å². The van der Waals surface area contributed by atoms with E-state index in [4.69, 9.17) is 17.3 Å². The van der Waals surface area contributed by atoms with Gasteiger partial charge in [0.1, 0.15) is 0 Å². The van der Waals surface area contributed by atoms with E-state index in [1.807, 2.05) is 31.2 Å². The number of rotatable bonds is 2. The number of hydrogen-bond donors (Lipinski definition) is 1. The molecule has 0 saturated carbocycles. The summed E-state index contributed by atoms with van der Waals surface area (Å²) >= 11 is 5.76. The van der Waals surface area contributed by atoms with Crippen molar-refractivity contribution < 1.29 is 0 Å². The summed E-state index contributed by atoms with van der Waals surface area (Å²) in [6, 6.07) is 8.03. The minimum absolute atomic E-state index is 0.186. The molecule has 0 fully saturated rings. The molecule has 0 amide bonds. The smallest absolute Gasteiger partial charge is 0.0406 e. The van der Waals surface area contributed by atoms with Crippen LogP contribution in [0.4, 0.5) is 0 Å². The molecule has 0 spiro atoms. The molecule has 2 N–H and O–H groups in total. The SMILES string of the molecule is CC(N)C(C)c1ccc(Cl)cc1. The van der Waals surface area contributed by atoms with Gasteiger partial charge in [-0.2, -0.15) is 0 Å². The lowest BCUT2D eigenvalue weighted by atomic mass is 9.95. The van der Waals surface area contributed by atoms with Gasteiger partial charge in [-0.15, -0.1) is 0 Å². The summed E-state index contributed by atoms with van der Waals surface area (Å²) in [5.41, 5.74) is 7.02. The molecule has 1 aromatic rings. The molecular formula is C10H14ClN. The molecule has 0 aliphatic carbocycles. The zero-order valence-corrected chi connectivity index (χ0v) is 8.18. The highest BCUT2D eigenvalue weighted by molar-refractivity contribution is 6.30. The summed E-state index contributed by atoms with van der Waals surface area (Å²) in [7, 11) is 0. The van der Waals surface area contributed by atoms with Crippen LogP contribution in [0.15, 0.2) is 24.3 Å². The van der Waals surface area contributed by atoms with E-state index in [0.717, 1.165) is 5.02 Å². The molecule has 0 aromatic heterocycles. The van der Waals surface area contributed by atoms with Crippen molar-refractivity contribution in [1.29, 1.82) is 0 Å². The van der Waals surface area contributed by atoms with Crippen molar-refractivity contribution in [3.63, 3.8) is 0 Å². The van der Waals surface area contributed by atoms with Crippen LogP contribution in [0.5, 0.6) is 0 Å². The molecule has 1 rings (SSSR count). The van der Waals surface area contributed by atoms with Crippen LogP contribution >= 0.6 is 11.6 Å². The zero-order chi connectivity index (χ0) is 9.14. The average Bonchev–Trinajstić information content (AvgIpc) is 2.04.